The first kappa shape index (κ1) is 16.3. The standard InChI is InChI=1S/C16H23N3O3S/c17-23(21,22)11-13-4-1-3-12(7-13)8-18-16(20)19-9-14-5-2-6-15(14)10-19/h1,3-4,7,14-15H,2,5-6,8-11H2,(H,18,20)(H2,17,21,22)/t14-,15+. The normalized spacial score (nSPS) is 23.8. The highest BCUT2D eigenvalue weighted by atomic mass is 32.2. The van der Waals surface area contributed by atoms with Gasteiger partial charge in [0.2, 0.25) is 10.0 Å². The van der Waals surface area contributed by atoms with Crippen LogP contribution in [0.5, 0.6) is 0 Å². The zero-order valence-electron chi connectivity index (χ0n) is 13.1. The molecular weight excluding hydrogens is 314 g/mol. The molecule has 1 aromatic rings. The molecule has 126 valence electrons. The number of amides is 2. The number of fused-ring (bicyclic) bond motifs is 1. The van der Waals surface area contributed by atoms with Crippen molar-refractivity contribution in [1.82, 2.24) is 10.2 Å². The number of carbonyl (C=O) groups excluding carboxylic acids is 1. The van der Waals surface area contributed by atoms with Crippen LogP contribution in [-0.4, -0.2) is 32.4 Å². The molecule has 7 heteroatoms. The lowest BCUT2D eigenvalue weighted by molar-refractivity contribution is 0.204. The molecule has 1 saturated heterocycles. The van der Waals surface area contributed by atoms with Gasteiger partial charge in [0, 0.05) is 19.6 Å². The summed E-state index contributed by atoms with van der Waals surface area (Å²) in [6, 6.07) is 7.10. The van der Waals surface area contributed by atoms with Crippen molar-refractivity contribution in [3.05, 3.63) is 35.4 Å². The Labute approximate surface area is 137 Å². The van der Waals surface area contributed by atoms with E-state index in [-0.39, 0.29) is 11.8 Å². The summed E-state index contributed by atoms with van der Waals surface area (Å²) in [4.78, 5) is 14.2. The SMILES string of the molecule is NS(=O)(=O)Cc1cccc(CNC(=O)N2C[C@H]3CCC[C@H]3C2)c1. The van der Waals surface area contributed by atoms with E-state index in [2.05, 4.69) is 5.32 Å². The van der Waals surface area contributed by atoms with E-state index in [4.69, 9.17) is 5.14 Å². The monoisotopic (exact) mass is 337 g/mol. The maximum absolute atomic E-state index is 12.3. The zero-order chi connectivity index (χ0) is 16.4. The van der Waals surface area contributed by atoms with Crippen LogP contribution in [0.3, 0.4) is 0 Å². The van der Waals surface area contributed by atoms with Crippen LogP contribution in [0.25, 0.3) is 0 Å². The number of hydrogen-bond donors (Lipinski definition) is 2. The first-order valence-corrected chi connectivity index (χ1v) is 9.73. The van der Waals surface area contributed by atoms with Gasteiger partial charge in [-0.1, -0.05) is 30.7 Å². The van der Waals surface area contributed by atoms with Crippen molar-refractivity contribution >= 4 is 16.1 Å². The number of rotatable bonds is 4. The number of nitrogens with zero attached hydrogens (tertiary/aromatic N) is 1. The Morgan fingerprint density at radius 1 is 1.22 bits per heavy atom. The molecule has 1 heterocycles. The highest BCUT2D eigenvalue weighted by Crippen LogP contribution is 2.37. The van der Waals surface area contributed by atoms with Crippen molar-refractivity contribution in [3.63, 3.8) is 0 Å². The lowest BCUT2D eigenvalue weighted by atomic mass is 10.0. The molecule has 2 fully saturated rings. The number of benzene rings is 1. The Morgan fingerprint density at radius 3 is 2.52 bits per heavy atom. The van der Waals surface area contributed by atoms with E-state index in [1.807, 2.05) is 11.0 Å². The molecule has 0 unspecified atom stereocenters. The number of carbonyl (C=O) groups is 1. The van der Waals surface area contributed by atoms with Gasteiger partial charge in [0.1, 0.15) is 0 Å². The minimum Gasteiger partial charge on any atom is -0.334 e. The van der Waals surface area contributed by atoms with Gasteiger partial charge in [0.15, 0.2) is 0 Å². The Bertz CT molecular complexity index is 678. The molecule has 3 N–H and O–H groups in total. The summed E-state index contributed by atoms with van der Waals surface area (Å²) in [6.07, 6.45) is 3.77. The first-order chi connectivity index (χ1) is 10.9. The lowest BCUT2D eigenvalue weighted by Crippen LogP contribution is -2.38. The first-order valence-electron chi connectivity index (χ1n) is 8.02. The topological polar surface area (TPSA) is 92.5 Å². The van der Waals surface area contributed by atoms with Crippen LogP contribution >= 0.6 is 0 Å². The van der Waals surface area contributed by atoms with Gasteiger partial charge in [-0.25, -0.2) is 18.4 Å². The van der Waals surface area contributed by atoms with E-state index < -0.39 is 10.0 Å². The largest absolute Gasteiger partial charge is 0.334 e. The molecule has 1 saturated carbocycles. The molecule has 1 aromatic carbocycles. The maximum Gasteiger partial charge on any atom is 0.317 e. The molecule has 6 nitrogen and oxygen atoms in total. The van der Waals surface area contributed by atoms with Crippen molar-refractivity contribution < 1.29 is 13.2 Å². The van der Waals surface area contributed by atoms with Gasteiger partial charge in [-0.15, -0.1) is 0 Å². The molecule has 2 amide bonds. The summed E-state index contributed by atoms with van der Waals surface area (Å²) in [5.41, 5.74) is 1.51. The van der Waals surface area contributed by atoms with Gasteiger partial charge in [0.25, 0.3) is 0 Å². The third kappa shape index (κ3) is 4.23. The maximum atomic E-state index is 12.3. The summed E-state index contributed by atoms with van der Waals surface area (Å²) < 4.78 is 22.3. The minimum atomic E-state index is -3.54. The Hall–Kier alpha value is -1.60. The molecule has 0 bridgehead atoms. The highest BCUT2D eigenvalue weighted by Gasteiger charge is 2.37. The van der Waals surface area contributed by atoms with Crippen LogP contribution in [0, 0.1) is 11.8 Å². The number of hydrogen-bond acceptors (Lipinski definition) is 3. The Morgan fingerprint density at radius 2 is 1.87 bits per heavy atom. The van der Waals surface area contributed by atoms with E-state index >= 15 is 0 Å². The van der Waals surface area contributed by atoms with Crippen molar-refractivity contribution in [2.24, 2.45) is 17.0 Å². The number of primary sulfonamides is 1. The number of likely N-dealkylation sites (tertiary alicyclic amines) is 1. The van der Waals surface area contributed by atoms with E-state index in [0.717, 1.165) is 18.7 Å². The highest BCUT2D eigenvalue weighted by molar-refractivity contribution is 7.88. The van der Waals surface area contributed by atoms with E-state index in [0.29, 0.717) is 23.9 Å². The van der Waals surface area contributed by atoms with Gasteiger partial charge < -0.3 is 10.2 Å². The molecule has 3 rings (SSSR count). The minimum absolute atomic E-state index is 0.0313. The van der Waals surface area contributed by atoms with Crippen LogP contribution in [0.4, 0.5) is 4.79 Å². The van der Waals surface area contributed by atoms with Crippen molar-refractivity contribution in [1.29, 1.82) is 0 Å². The lowest BCUT2D eigenvalue weighted by Gasteiger charge is -2.18. The quantitative estimate of drug-likeness (QED) is 0.870. The Balaban J connectivity index is 1.54. The second kappa shape index (κ2) is 6.49. The van der Waals surface area contributed by atoms with Crippen LogP contribution in [0.1, 0.15) is 30.4 Å². The molecule has 23 heavy (non-hydrogen) atoms. The van der Waals surface area contributed by atoms with Gasteiger partial charge >= 0.3 is 6.03 Å². The fraction of sp³-hybridized carbons (Fsp3) is 0.562. The molecule has 2 atom stereocenters. The van der Waals surface area contributed by atoms with Gasteiger partial charge in [-0.2, -0.15) is 0 Å². The second-order valence-electron chi connectivity index (χ2n) is 6.64. The van der Waals surface area contributed by atoms with Crippen LogP contribution in [0.2, 0.25) is 0 Å². The van der Waals surface area contributed by atoms with Crippen molar-refractivity contribution in [2.75, 3.05) is 13.1 Å². The summed E-state index contributed by atoms with van der Waals surface area (Å²) >= 11 is 0. The fourth-order valence-corrected chi connectivity index (χ4v) is 4.40. The zero-order valence-corrected chi connectivity index (χ0v) is 13.9. The number of sulfonamides is 1. The second-order valence-corrected chi connectivity index (χ2v) is 8.26. The van der Waals surface area contributed by atoms with E-state index in [1.54, 1.807) is 18.2 Å². The fourth-order valence-electron chi connectivity index (χ4n) is 3.75. The molecule has 2 aliphatic rings. The third-order valence-electron chi connectivity index (χ3n) is 4.82. The summed E-state index contributed by atoms with van der Waals surface area (Å²) in [5.74, 6) is 1.17. The summed E-state index contributed by atoms with van der Waals surface area (Å²) in [7, 11) is -3.54. The van der Waals surface area contributed by atoms with Gasteiger partial charge in [-0.3, -0.25) is 0 Å². The molecule has 0 spiro atoms. The van der Waals surface area contributed by atoms with Crippen molar-refractivity contribution in [2.45, 2.75) is 31.6 Å². The van der Waals surface area contributed by atoms with E-state index in [9.17, 15) is 13.2 Å². The predicted octanol–water partition coefficient (Wildman–Crippen LogP) is 1.42. The average Bonchev–Trinajstić information content (AvgIpc) is 3.04. The van der Waals surface area contributed by atoms with Gasteiger partial charge in [-0.05, 0) is 35.8 Å². The predicted molar refractivity (Wildman–Crippen MR) is 87.9 cm³/mol. The van der Waals surface area contributed by atoms with E-state index in [1.165, 1.54) is 19.3 Å². The number of nitrogens with one attached hydrogen (secondary N) is 1. The van der Waals surface area contributed by atoms with Crippen LogP contribution in [0.15, 0.2) is 24.3 Å². The number of nitrogens with two attached hydrogens (primary N) is 1. The molecule has 1 aliphatic heterocycles. The molecule has 0 aromatic heterocycles. The van der Waals surface area contributed by atoms with Gasteiger partial charge in [0.05, 0.1) is 5.75 Å². The van der Waals surface area contributed by atoms with Crippen LogP contribution < -0.4 is 10.5 Å². The number of urea groups is 1. The summed E-state index contributed by atoms with van der Waals surface area (Å²) in [5, 5.41) is 7.99. The molecule has 1 aliphatic carbocycles. The van der Waals surface area contributed by atoms with Crippen molar-refractivity contribution in [3.8, 4) is 0 Å². The summed E-state index contributed by atoms with van der Waals surface area (Å²) in [6.45, 7) is 2.12. The third-order valence-corrected chi connectivity index (χ3v) is 5.55. The Kier molecular flexibility index (Phi) is 4.59. The molecule has 0 radical (unpaired) electrons. The van der Waals surface area contributed by atoms with Crippen LogP contribution in [-0.2, 0) is 22.3 Å². The molecular formula is C16H23N3O3S. The average molecular weight is 337 g/mol. The smallest absolute Gasteiger partial charge is 0.317 e.